The lowest BCUT2D eigenvalue weighted by molar-refractivity contribution is -0.120. The van der Waals surface area contributed by atoms with Crippen molar-refractivity contribution in [2.75, 3.05) is 11.9 Å². The topological polar surface area (TPSA) is 75.4 Å². The first-order valence-corrected chi connectivity index (χ1v) is 9.53. The Balaban J connectivity index is 0.00000240. The second-order valence-electron chi connectivity index (χ2n) is 7.68. The lowest BCUT2D eigenvalue weighted by Crippen LogP contribution is -2.38. The number of hydrogen-bond donors (Lipinski definition) is 2. The monoisotopic (exact) mass is 410 g/mol. The maximum atomic E-state index is 13.3. The zero-order valence-electron chi connectivity index (χ0n) is 16.8. The molecule has 2 heterocycles. The number of hydrogen-bond acceptors (Lipinski definition) is 4. The van der Waals surface area contributed by atoms with Crippen molar-refractivity contribution in [3.63, 3.8) is 0 Å². The van der Waals surface area contributed by atoms with Gasteiger partial charge in [-0.05, 0) is 55.0 Å². The van der Waals surface area contributed by atoms with Crippen molar-refractivity contribution in [2.45, 2.75) is 32.6 Å². The van der Waals surface area contributed by atoms with Crippen molar-refractivity contribution in [3.05, 3.63) is 71.1 Å². The molecule has 5 nitrogen and oxygen atoms in total. The summed E-state index contributed by atoms with van der Waals surface area (Å²) in [6.07, 6.45) is 0.525. The Morgan fingerprint density at radius 3 is 2.52 bits per heavy atom. The molecule has 3 aromatic rings. The molecule has 0 saturated carbocycles. The van der Waals surface area contributed by atoms with Crippen molar-refractivity contribution in [3.8, 4) is 11.1 Å². The maximum absolute atomic E-state index is 13.3. The number of carbonyl (C=O) groups excluding carboxylic acids is 1. The van der Waals surface area contributed by atoms with Gasteiger partial charge >= 0.3 is 0 Å². The van der Waals surface area contributed by atoms with Gasteiger partial charge in [0.25, 0.3) is 0 Å². The Bertz CT molecular complexity index is 1010. The molecule has 0 aliphatic carbocycles. The van der Waals surface area contributed by atoms with Crippen LogP contribution in [0.4, 0.5) is 5.69 Å². The summed E-state index contributed by atoms with van der Waals surface area (Å²) in [4.78, 5) is 13.3. The molecule has 29 heavy (non-hydrogen) atoms. The van der Waals surface area contributed by atoms with Crippen LogP contribution in [0.15, 0.2) is 53.1 Å². The van der Waals surface area contributed by atoms with Crippen LogP contribution in [0.25, 0.3) is 11.1 Å². The van der Waals surface area contributed by atoms with Gasteiger partial charge in [0.2, 0.25) is 5.91 Å². The van der Waals surface area contributed by atoms with E-state index in [4.69, 9.17) is 4.52 Å². The van der Waals surface area contributed by atoms with Crippen molar-refractivity contribution in [1.29, 1.82) is 0 Å². The van der Waals surface area contributed by atoms with Gasteiger partial charge in [0.05, 0.1) is 5.69 Å². The van der Waals surface area contributed by atoms with Crippen LogP contribution >= 0.6 is 13.5 Å². The van der Waals surface area contributed by atoms with Crippen molar-refractivity contribution in [2.24, 2.45) is 5.92 Å². The highest BCUT2D eigenvalue weighted by atomic mass is 32.1. The van der Waals surface area contributed by atoms with Crippen LogP contribution in [0.3, 0.4) is 0 Å². The summed E-state index contributed by atoms with van der Waals surface area (Å²) >= 11 is 0. The van der Waals surface area contributed by atoms with Crippen LogP contribution in [0.2, 0.25) is 0 Å². The van der Waals surface area contributed by atoms with E-state index in [1.54, 1.807) is 0 Å². The van der Waals surface area contributed by atoms with E-state index < -0.39 is 5.41 Å². The summed E-state index contributed by atoms with van der Waals surface area (Å²) in [6, 6.07) is 15.8. The zero-order chi connectivity index (χ0) is 19.9. The Kier molecular flexibility index (Phi) is 5.87. The fourth-order valence-corrected chi connectivity index (χ4v) is 4.33. The first-order chi connectivity index (χ1) is 13.5. The van der Waals surface area contributed by atoms with Gasteiger partial charge in [-0.25, -0.2) is 0 Å². The second-order valence-corrected chi connectivity index (χ2v) is 7.68. The van der Waals surface area contributed by atoms with Crippen LogP contribution < -0.4 is 5.32 Å². The highest BCUT2D eigenvalue weighted by Gasteiger charge is 2.48. The number of amides is 1. The van der Waals surface area contributed by atoms with E-state index in [-0.39, 0.29) is 31.9 Å². The normalized spacial score (nSPS) is 18.7. The Labute approximate surface area is 177 Å². The number of anilines is 1. The summed E-state index contributed by atoms with van der Waals surface area (Å²) in [6.45, 7) is 5.81. The number of aromatic nitrogens is 1. The van der Waals surface area contributed by atoms with Crippen LogP contribution in [-0.4, -0.2) is 22.8 Å². The largest absolute Gasteiger partial charge is 0.396 e. The molecule has 1 aliphatic rings. The average Bonchev–Trinajstić information content (AvgIpc) is 3.18. The van der Waals surface area contributed by atoms with Crippen LogP contribution in [0.5, 0.6) is 0 Å². The molecule has 0 saturated heterocycles. The van der Waals surface area contributed by atoms with E-state index in [0.717, 1.165) is 39.4 Å². The fraction of sp³-hybridized carbons (Fsp3) is 0.304. The lowest BCUT2D eigenvalue weighted by Gasteiger charge is -2.31. The Morgan fingerprint density at radius 1 is 1.17 bits per heavy atom. The molecular weight excluding hydrogens is 384 g/mol. The van der Waals surface area contributed by atoms with Gasteiger partial charge < -0.3 is 14.9 Å². The maximum Gasteiger partial charge on any atom is 0.239 e. The van der Waals surface area contributed by atoms with E-state index in [2.05, 4.69) is 16.5 Å². The number of carbonyl (C=O) groups is 1. The number of aryl methyl sites for hydroxylation is 2. The molecule has 1 amide bonds. The average molecular weight is 411 g/mol. The van der Waals surface area contributed by atoms with E-state index in [9.17, 15) is 9.90 Å². The van der Waals surface area contributed by atoms with Gasteiger partial charge in [0.15, 0.2) is 0 Å². The van der Waals surface area contributed by atoms with E-state index >= 15 is 0 Å². The first-order valence-electron chi connectivity index (χ1n) is 9.53. The number of nitrogens with zero attached hydrogens (tertiary/aromatic N) is 1. The molecule has 0 spiro atoms. The van der Waals surface area contributed by atoms with Gasteiger partial charge in [-0.15, -0.1) is 0 Å². The molecule has 152 valence electrons. The predicted molar refractivity (Wildman–Crippen MR) is 119 cm³/mol. The number of rotatable bonds is 5. The van der Waals surface area contributed by atoms with E-state index in [1.165, 1.54) is 0 Å². The number of fused-ring (bicyclic) bond motifs is 1. The Morgan fingerprint density at radius 2 is 1.90 bits per heavy atom. The number of aliphatic hydroxyl groups is 1. The minimum absolute atomic E-state index is 0. The van der Waals surface area contributed by atoms with Crippen LogP contribution in [0.1, 0.15) is 35.9 Å². The first kappa shape index (κ1) is 21.1. The van der Waals surface area contributed by atoms with Crippen LogP contribution in [0, 0.1) is 19.8 Å². The summed E-state index contributed by atoms with van der Waals surface area (Å²) in [5.41, 5.74) is 4.60. The fourth-order valence-electron chi connectivity index (χ4n) is 4.33. The highest BCUT2D eigenvalue weighted by molar-refractivity contribution is 7.59. The molecule has 0 bridgehead atoms. The molecule has 2 aromatic carbocycles. The second kappa shape index (κ2) is 8.05. The molecule has 2 N–H and O–H groups in total. The van der Waals surface area contributed by atoms with Gasteiger partial charge in [0, 0.05) is 17.9 Å². The third kappa shape index (κ3) is 3.36. The van der Waals surface area contributed by atoms with Crippen LogP contribution in [-0.2, 0) is 10.2 Å². The highest BCUT2D eigenvalue weighted by Crippen LogP contribution is 2.48. The summed E-state index contributed by atoms with van der Waals surface area (Å²) in [5.74, 6) is 0.674. The van der Waals surface area contributed by atoms with Gasteiger partial charge in [0.1, 0.15) is 11.2 Å². The van der Waals surface area contributed by atoms with Crippen molar-refractivity contribution >= 4 is 25.1 Å². The molecular formula is C23H26N2O3S. The van der Waals surface area contributed by atoms with E-state index in [1.807, 2.05) is 63.2 Å². The Hall–Kier alpha value is -2.57. The molecule has 6 heteroatoms. The standard InChI is InChI=1S/C23H24N2O3.H2S/c1-14(13-26)12-23(18-7-5-4-6-8-18)19-11-17(9-10-20(19)24-22(23)27)21-15(2)25-28-16(21)3;/h4-11,14,26H,12-13H2,1-3H3,(H,24,27);1H2/t14-,23?;/m0./s1. The quantitative estimate of drug-likeness (QED) is 0.657. The van der Waals surface area contributed by atoms with E-state index in [0.29, 0.717) is 6.42 Å². The third-order valence-corrected chi connectivity index (χ3v) is 5.67. The summed E-state index contributed by atoms with van der Waals surface area (Å²) < 4.78 is 5.34. The van der Waals surface area contributed by atoms with Crippen molar-refractivity contribution < 1.29 is 14.4 Å². The third-order valence-electron chi connectivity index (χ3n) is 5.67. The predicted octanol–water partition coefficient (Wildman–Crippen LogP) is 4.33. The van der Waals surface area contributed by atoms with Gasteiger partial charge in [-0.1, -0.05) is 48.5 Å². The smallest absolute Gasteiger partial charge is 0.239 e. The molecule has 2 atom stereocenters. The van der Waals surface area contributed by atoms with Crippen molar-refractivity contribution in [1.82, 2.24) is 5.16 Å². The molecule has 1 aromatic heterocycles. The molecule has 4 rings (SSSR count). The minimum Gasteiger partial charge on any atom is -0.396 e. The van der Waals surface area contributed by atoms with Gasteiger partial charge in [-0.2, -0.15) is 13.5 Å². The number of benzene rings is 2. The lowest BCUT2D eigenvalue weighted by atomic mass is 9.69. The molecule has 1 aliphatic heterocycles. The molecule has 1 unspecified atom stereocenters. The minimum atomic E-state index is -0.840. The SMILES string of the molecule is Cc1noc(C)c1-c1ccc2c(c1)C(C[C@H](C)CO)(c1ccccc1)C(=O)N2.S. The summed E-state index contributed by atoms with van der Waals surface area (Å²) in [5, 5.41) is 16.8. The zero-order valence-corrected chi connectivity index (χ0v) is 17.8. The number of aliphatic hydroxyl groups excluding tert-OH is 1. The molecule has 0 radical (unpaired) electrons. The summed E-state index contributed by atoms with van der Waals surface area (Å²) in [7, 11) is 0. The number of nitrogens with one attached hydrogen (secondary N) is 1. The molecule has 0 fully saturated rings. The van der Waals surface area contributed by atoms with Gasteiger partial charge in [-0.3, -0.25) is 4.79 Å².